The van der Waals surface area contributed by atoms with Gasteiger partial charge in [-0.05, 0) is 64.0 Å². The van der Waals surface area contributed by atoms with Crippen molar-refractivity contribution in [3.8, 4) is 0 Å². The van der Waals surface area contributed by atoms with E-state index in [-0.39, 0.29) is 12.1 Å². The molecule has 0 bridgehead atoms. The van der Waals surface area contributed by atoms with Crippen LogP contribution in [0.4, 0.5) is 4.79 Å². The second-order valence-electron chi connectivity index (χ2n) is 7.02. The van der Waals surface area contributed by atoms with Gasteiger partial charge in [-0.3, -0.25) is 0 Å². The maximum Gasteiger partial charge on any atom is 0.407 e. The van der Waals surface area contributed by atoms with E-state index in [1.165, 1.54) is 10.5 Å². The molecule has 1 aliphatic carbocycles. The van der Waals surface area contributed by atoms with Crippen molar-refractivity contribution in [3.63, 3.8) is 0 Å². The summed E-state index contributed by atoms with van der Waals surface area (Å²) in [6, 6.07) is 9.06. The molecule has 1 amide bonds. The highest BCUT2D eigenvalue weighted by molar-refractivity contribution is 7.98. The zero-order chi connectivity index (χ0) is 16.9. The number of rotatable bonds is 5. The summed E-state index contributed by atoms with van der Waals surface area (Å²) in [5.41, 5.74) is 0.815. The summed E-state index contributed by atoms with van der Waals surface area (Å²) in [5, 5.41) is 6.59. The predicted molar refractivity (Wildman–Crippen MR) is 95.9 cm³/mol. The van der Waals surface area contributed by atoms with E-state index in [1.54, 1.807) is 11.8 Å². The van der Waals surface area contributed by atoms with Gasteiger partial charge in [0.1, 0.15) is 5.60 Å². The lowest BCUT2D eigenvalue weighted by Gasteiger charge is -2.25. The molecular weight excluding hydrogens is 308 g/mol. The van der Waals surface area contributed by atoms with Gasteiger partial charge in [-0.25, -0.2) is 4.79 Å². The molecule has 0 aliphatic heterocycles. The number of hydrogen-bond acceptors (Lipinski definition) is 4. The van der Waals surface area contributed by atoms with Crippen molar-refractivity contribution in [2.45, 2.75) is 69.2 Å². The Morgan fingerprint density at radius 3 is 2.48 bits per heavy atom. The van der Waals surface area contributed by atoms with Crippen molar-refractivity contribution >= 4 is 17.9 Å². The summed E-state index contributed by atoms with van der Waals surface area (Å²) in [7, 11) is 0. The summed E-state index contributed by atoms with van der Waals surface area (Å²) in [5.74, 6) is 0. The van der Waals surface area contributed by atoms with Gasteiger partial charge in [0.2, 0.25) is 0 Å². The van der Waals surface area contributed by atoms with Crippen LogP contribution in [0.25, 0.3) is 0 Å². The average Bonchev–Trinajstić information content (AvgIpc) is 2.90. The summed E-state index contributed by atoms with van der Waals surface area (Å²) >= 11 is 1.75. The minimum atomic E-state index is -0.454. The first-order chi connectivity index (χ1) is 10.9. The molecule has 1 aromatic carbocycles. The Kier molecular flexibility index (Phi) is 6.36. The molecule has 5 heteroatoms. The van der Waals surface area contributed by atoms with Gasteiger partial charge in [0.05, 0.1) is 0 Å². The fourth-order valence-electron chi connectivity index (χ4n) is 2.83. The van der Waals surface area contributed by atoms with E-state index in [9.17, 15) is 4.79 Å². The summed E-state index contributed by atoms with van der Waals surface area (Å²) in [6.45, 7) is 6.48. The third kappa shape index (κ3) is 6.07. The Bertz CT molecular complexity index is 511. The van der Waals surface area contributed by atoms with Crippen LogP contribution in [-0.4, -0.2) is 30.0 Å². The van der Waals surface area contributed by atoms with Crippen molar-refractivity contribution in [3.05, 3.63) is 29.8 Å². The van der Waals surface area contributed by atoms with Crippen molar-refractivity contribution in [1.29, 1.82) is 0 Å². The molecule has 0 heterocycles. The van der Waals surface area contributed by atoms with Gasteiger partial charge in [0, 0.05) is 23.5 Å². The number of carbonyl (C=O) groups excluding carboxylic acids is 1. The van der Waals surface area contributed by atoms with Crippen LogP contribution in [0.15, 0.2) is 29.2 Å². The molecule has 1 saturated carbocycles. The zero-order valence-corrected chi connectivity index (χ0v) is 15.3. The van der Waals surface area contributed by atoms with E-state index in [4.69, 9.17) is 4.74 Å². The van der Waals surface area contributed by atoms with Gasteiger partial charge in [-0.15, -0.1) is 11.8 Å². The van der Waals surface area contributed by atoms with Crippen molar-refractivity contribution in [1.82, 2.24) is 10.6 Å². The van der Waals surface area contributed by atoms with E-state index in [0.29, 0.717) is 6.04 Å². The number of nitrogens with one attached hydrogen (secondary N) is 2. The lowest BCUT2D eigenvalue weighted by molar-refractivity contribution is 0.0498. The molecule has 1 aromatic rings. The summed E-state index contributed by atoms with van der Waals surface area (Å²) < 4.78 is 5.36. The van der Waals surface area contributed by atoms with E-state index in [1.807, 2.05) is 20.8 Å². The first-order valence-corrected chi connectivity index (χ1v) is 9.46. The van der Waals surface area contributed by atoms with E-state index >= 15 is 0 Å². The van der Waals surface area contributed by atoms with Crippen LogP contribution >= 0.6 is 11.8 Å². The third-order valence-corrected chi connectivity index (χ3v) is 4.69. The van der Waals surface area contributed by atoms with E-state index in [0.717, 1.165) is 25.8 Å². The number of benzene rings is 1. The lowest BCUT2D eigenvalue weighted by Crippen LogP contribution is -2.47. The first kappa shape index (κ1) is 18.1. The lowest BCUT2D eigenvalue weighted by atomic mass is 10.1. The van der Waals surface area contributed by atoms with Crippen LogP contribution in [0.1, 0.15) is 45.6 Å². The minimum absolute atomic E-state index is 0.148. The second kappa shape index (κ2) is 8.06. The first-order valence-electron chi connectivity index (χ1n) is 8.23. The van der Waals surface area contributed by atoms with Gasteiger partial charge in [0.15, 0.2) is 0 Å². The molecule has 1 fully saturated rings. The highest BCUT2D eigenvalue weighted by atomic mass is 32.2. The van der Waals surface area contributed by atoms with Crippen LogP contribution in [0, 0.1) is 0 Å². The Labute approximate surface area is 143 Å². The molecular formula is C18H28N2O2S. The average molecular weight is 337 g/mol. The number of carbonyl (C=O) groups is 1. The standard InChI is InChI=1S/C18H28N2O2S/c1-18(2,3)22-17(21)20-16-7-5-6-15(16)19-12-13-8-10-14(23-4)11-9-13/h8-11,15-16,19H,5-7,12H2,1-4H3,(H,20,21). The maximum atomic E-state index is 11.9. The normalized spacial score (nSPS) is 21.2. The fourth-order valence-corrected chi connectivity index (χ4v) is 3.24. The highest BCUT2D eigenvalue weighted by Gasteiger charge is 2.29. The zero-order valence-electron chi connectivity index (χ0n) is 14.5. The molecule has 0 aromatic heterocycles. The topological polar surface area (TPSA) is 50.4 Å². The molecule has 0 spiro atoms. The fraction of sp³-hybridized carbons (Fsp3) is 0.611. The largest absolute Gasteiger partial charge is 0.444 e. The van der Waals surface area contributed by atoms with Crippen LogP contribution in [-0.2, 0) is 11.3 Å². The van der Waals surface area contributed by atoms with Gasteiger partial charge in [-0.1, -0.05) is 12.1 Å². The SMILES string of the molecule is CSc1ccc(CNC2CCCC2NC(=O)OC(C)(C)C)cc1. The quantitative estimate of drug-likeness (QED) is 0.800. The third-order valence-electron chi connectivity index (χ3n) is 3.95. The number of hydrogen-bond donors (Lipinski definition) is 2. The van der Waals surface area contributed by atoms with Crippen molar-refractivity contribution in [2.24, 2.45) is 0 Å². The summed E-state index contributed by atoms with van der Waals surface area (Å²) in [4.78, 5) is 13.2. The van der Waals surface area contributed by atoms with Crippen LogP contribution in [0.3, 0.4) is 0 Å². The van der Waals surface area contributed by atoms with Gasteiger partial charge < -0.3 is 15.4 Å². The molecule has 23 heavy (non-hydrogen) atoms. The van der Waals surface area contributed by atoms with Gasteiger partial charge in [0.25, 0.3) is 0 Å². The van der Waals surface area contributed by atoms with Crippen LogP contribution in [0.5, 0.6) is 0 Å². The predicted octanol–water partition coefficient (Wildman–Crippen LogP) is 3.94. The van der Waals surface area contributed by atoms with Crippen molar-refractivity contribution < 1.29 is 9.53 Å². The Balaban J connectivity index is 1.82. The van der Waals surface area contributed by atoms with Crippen molar-refractivity contribution in [2.75, 3.05) is 6.26 Å². The molecule has 2 N–H and O–H groups in total. The monoisotopic (exact) mass is 336 g/mol. The van der Waals surface area contributed by atoms with E-state index in [2.05, 4.69) is 41.2 Å². The minimum Gasteiger partial charge on any atom is -0.444 e. The maximum absolute atomic E-state index is 11.9. The molecule has 2 atom stereocenters. The smallest absolute Gasteiger partial charge is 0.407 e. The molecule has 2 rings (SSSR count). The summed E-state index contributed by atoms with van der Waals surface area (Å²) in [6.07, 6.45) is 4.98. The Morgan fingerprint density at radius 2 is 1.87 bits per heavy atom. The second-order valence-corrected chi connectivity index (χ2v) is 7.90. The van der Waals surface area contributed by atoms with E-state index < -0.39 is 5.60 Å². The van der Waals surface area contributed by atoms with Gasteiger partial charge >= 0.3 is 6.09 Å². The van der Waals surface area contributed by atoms with Crippen LogP contribution < -0.4 is 10.6 Å². The number of ether oxygens (including phenoxy) is 1. The molecule has 0 saturated heterocycles. The molecule has 128 valence electrons. The molecule has 4 nitrogen and oxygen atoms in total. The molecule has 2 unspecified atom stereocenters. The molecule has 1 aliphatic rings. The Morgan fingerprint density at radius 1 is 1.22 bits per heavy atom. The number of thioether (sulfide) groups is 1. The van der Waals surface area contributed by atoms with Gasteiger partial charge in [-0.2, -0.15) is 0 Å². The molecule has 0 radical (unpaired) electrons. The number of alkyl carbamates (subject to hydrolysis) is 1. The van der Waals surface area contributed by atoms with Crippen LogP contribution in [0.2, 0.25) is 0 Å². The number of amides is 1. The highest BCUT2D eigenvalue weighted by Crippen LogP contribution is 2.21. The Hall–Kier alpha value is -1.20.